The first-order chi connectivity index (χ1) is 22.0. The minimum atomic E-state index is -2.93. The molecule has 0 saturated heterocycles. The third-order valence-electron chi connectivity index (χ3n) is 11.0. The molecule has 0 nitrogen and oxygen atoms in total. The molecule has 0 saturated carbocycles. The number of hydrogen-bond donors (Lipinski definition) is 0. The molecule has 0 bridgehead atoms. The van der Waals surface area contributed by atoms with Gasteiger partial charge in [0.25, 0.3) is 0 Å². The second kappa shape index (κ2) is 16.1. The van der Waals surface area contributed by atoms with Gasteiger partial charge < -0.3 is 0 Å². The summed E-state index contributed by atoms with van der Waals surface area (Å²) in [5.41, 5.74) is 9.99. The van der Waals surface area contributed by atoms with Crippen LogP contribution in [0.1, 0.15) is 108 Å². The van der Waals surface area contributed by atoms with Crippen LogP contribution in [-0.4, -0.2) is 66.3 Å². The van der Waals surface area contributed by atoms with Crippen molar-refractivity contribution in [3.05, 3.63) is 57.6 Å². The van der Waals surface area contributed by atoms with Gasteiger partial charge in [-0.15, -0.1) is 0 Å². The van der Waals surface area contributed by atoms with Crippen LogP contribution in [0.4, 0.5) is 0 Å². The van der Waals surface area contributed by atoms with Gasteiger partial charge in [-0.2, -0.15) is 0 Å². The Balaban J connectivity index is 3.59. The summed E-state index contributed by atoms with van der Waals surface area (Å²) in [5.74, 6) is 1.47. The van der Waals surface area contributed by atoms with Crippen molar-refractivity contribution < 1.29 is 0 Å². The van der Waals surface area contributed by atoms with Crippen molar-refractivity contribution in [1.29, 1.82) is 0 Å². The molecule has 0 aliphatic carbocycles. The standard InChI is InChI=1S/C27H59Si6.C15H23.S.Sn/c1-28(2,3)25(29(4,5)6)22-19-23(26(30(7,8)9)31(10,11)12)21-24(20-22)27(32(13,14)15)33(16,17)18;1-10(2)13-7-14(11(3)4)9-15(8-13)12(5)6;;/h19-20,25-27H,1-18H3;7-8,10-12H,1-6H3;;. The van der Waals surface area contributed by atoms with E-state index in [0.29, 0.717) is 28.1 Å². The van der Waals surface area contributed by atoms with Crippen LogP contribution >= 0.6 is 9.29 Å². The van der Waals surface area contributed by atoms with Gasteiger partial charge in [0.1, 0.15) is 0 Å². The van der Waals surface area contributed by atoms with Gasteiger partial charge in [0.15, 0.2) is 0 Å². The fourth-order valence-corrected chi connectivity index (χ4v) is 60.7. The molecule has 0 fully saturated rings. The summed E-state index contributed by atoms with van der Waals surface area (Å²) in [6.45, 7) is 62.8. The van der Waals surface area contributed by atoms with Crippen molar-refractivity contribution in [2.45, 2.75) is 193 Å². The van der Waals surface area contributed by atoms with Crippen LogP contribution in [0.15, 0.2) is 24.3 Å². The van der Waals surface area contributed by atoms with Crippen LogP contribution in [-0.2, 0) is 0 Å². The van der Waals surface area contributed by atoms with Gasteiger partial charge in [0, 0.05) is 0 Å². The third kappa shape index (κ3) is 11.0. The molecule has 2 aromatic rings. The van der Waals surface area contributed by atoms with E-state index in [2.05, 4.69) is 184 Å². The van der Waals surface area contributed by atoms with Gasteiger partial charge >= 0.3 is 333 Å². The maximum absolute atomic E-state index is 7.43. The van der Waals surface area contributed by atoms with E-state index in [1.165, 1.54) is 5.56 Å². The van der Waals surface area contributed by atoms with Crippen LogP contribution in [0.5, 0.6) is 0 Å². The molecule has 0 radical (unpaired) electrons. The zero-order valence-electron chi connectivity index (χ0n) is 37.7. The van der Waals surface area contributed by atoms with Crippen LogP contribution in [0, 0.1) is 0 Å². The topological polar surface area (TPSA) is 0 Å². The summed E-state index contributed by atoms with van der Waals surface area (Å²) in [6.07, 6.45) is 0. The number of rotatable bonds is 14. The Morgan fingerprint density at radius 1 is 0.360 bits per heavy atom. The van der Waals surface area contributed by atoms with Crippen LogP contribution in [0.2, 0.25) is 118 Å². The Morgan fingerprint density at radius 2 is 0.600 bits per heavy atom. The van der Waals surface area contributed by atoms with Gasteiger partial charge in [-0.1, -0.05) is 0 Å². The second-order valence-corrected chi connectivity index (χ2v) is 64.5. The van der Waals surface area contributed by atoms with E-state index in [9.17, 15) is 0 Å². The molecule has 8 heteroatoms. The van der Waals surface area contributed by atoms with E-state index in [0.717, 1.165) is 5.16 Å². The summed E-state index contributed by atoms with van der Waals surface area (Å²) in [5, 5.41) is 2.11. The van der Waals surface area contributed by atoms with Gasteiger partial charge in [-0.3, -0.25) is 0 Å². The van der Waals surface area contributed by atoms with E-state index < -0.39 is 66.3 Å². The maximum atomic E-state index is 7.43. The number of hydrogen-bond acceptors (Lipinski definition) is 1. The third-order valence-corrected chi connectivity index (χ3v) is 47.5. The second-order valence-electron chi connectivity index (χ2n) is 23.4. The molecule has 50 heavy (non-hydrogen) atoms. The summed E-state index contributed by atoms with van der Waals surface area (Å²) in [7, 11) is -2.22. The van der Waals surface area contributed by atoms with Gasteiger partial charge in [-0.05, 0) is 0 Å². The fraction of sp³-hybridized carbons (Fsp3) is 0.714. The van der Waals surface area contributed by atoms with Gasteiger partial charge in [0.05, 0.1) is 0 Å². The minimum absolute atomic E-state index is 0.476. The normalized spacial score (nSPS) is 14.4. The first-order valence-electron chi connectivity index (χ1n) is 19.9. The molecule has 2 rings (SSSR count). The van der Waals surface area contributed by atoms with E-state index in [-0.39, 0.29) is 0 Å². The molecule has 0 aliphatic rings. The molecule has 0 unspecified atom stereocenters. The summed E-state index contributed by atoms with van der Waals surface area (Å²) >= 11 is -2.93. The van der Waals surface area contributed by atoms with Crippen LogP contribution in [0.25, 0.3) is 0 Å². The summed E-state index contributed by atoms with van der Waals surface area (Å²) in [4.78, 5) is 0. The molecule has 0 aliphatic heterocycles. The molecular formula is C42H82SSi6Sn. The van der Waals surface area contributed by atoms with Crippen molar-refractivity contribution in [1.82, 2.24) is 0 Å². The predicted molar refractivity (Wildman–Crippen MR) is 256 cm³/mol. The molecule has 2 aromatic carbocycles. The van der Waals surface area contributed by atoms with Crippen LogP contribution in [0.3, 0.4) is 0 Å². The average molecular weight is 906 g/mol. The monoisotopic (exact) mass is 906 g/mol. The molecule has 0 spiro atoms. The van der Waals surface area contributed by atoms with Crippen LogP contribution < -0.4 is 7.16 Å². The zero-order chi connectivity index (χ0) is 39.5. The Morgan fingerprint density at radius 3 is 0.820 bits per heavy atom. The molecular weight excluding hydrogens is 824 g/mol. The quantitative estimate of drug-likeness (QED) is 0.170. The Bertz CT molecular complexity index is 1390. The first kappa shape index (κ1) is 46.9. The van der Waals surface area contributed by atoms with E-state index in [1.54, 1.807) is 35.0 Å². The molecule has 284 valence electrons. The van der Waals surface area contributed by atoms with E-state index in [4.69, 9.17) is 9.29 Å². The van der Waals surface area contributed by atoms with Gasteiger partial charge in [0.2, 0.25) is 0 Å². The molecule has 0 heterocycles. The Hall–Kier alpha value is 0.760. The van der Waals surface area contributed by atoms with E-state index in [1.807, 2.05) is 0 Å². The van der Waals surface area contributed by atoms with Gasteiger partial charge in [-0.25, -0.2) is 0 Å². The Kier molecular flexibility index (Phi) is 15.1. The van der Waals surface area contributed by atoms with Crippen molar-refractivity contribution in [3.8, 4) is 0 Å². The van der Waals surface area contributed by atoms with E-state index >= 15 is 0 Å². The molecule has 0 aromatic heterocycles. The molecule has 0 N–H and O–H groups in total. The molecule has 0 atom stereocenters. The summed E-state index contributed by atoms with van der Waals surface area (Å²) < 4.78 is 3.47. The average Bonchev–Trinajstić information content (AvgIpc) is 2.82. The predicted octanol–water partition coefficient (Wildman–Crippen LogP) is 13.9. The fourth-order valence-electron chi connectivity index (χ4n) is 10.7. The van der Waals surface area contributed by atoms with Crippen molar-refractivity contribution in [3.63, 3.8) is 0 Å². The first-order valence-corrected chi connectivity index (χ1v) is 48.2. The number of benzene rings is 2. The Labute approximate surface area is 330 Å². The molecule has 0 amide bonds. The zero-order valence-corrected chi connectivity index (χ0v) is 47.4. The SMILES string of the molecule is CC(C)c1cc(C(C)C)[c]([Sn](=[S])[c]2c(C([Si](C)(C)C)[Si](C)(C)C)cc(C([Si](C)(C)C)[Si](C)(C)C)cc2C([Si](C)(C)C)[Si](C)(C)C)c(C(C)C)c1. The summed E-state index contributed by atoms with van der Waals surface area (Å²) in [6, 6.07) is 11.0. The van der Waals surface area contributed by atoms with Crippen molar-refractivity contribution >= 4 is 82.7 Å². The van der Waals surface area contributed by atoms with Crippen molar-refractivity contribution in [2.75, 3.05) is 0 Å². The van der Waals surface area contributed by atoms with Crippen molar-refractivity contribution in [2.24, 2.45) is 0 Å².